The van der Waals surface area contributed by atoms with Crippen LogP contribution in [0.5, 0.6) is 0 Å². The number of nitrogens with one attached hydrogen (secondary N) is 2. The van der Waals surface area contributed by atoms with Crippen molar-refractivity contribution in [1.29, 1.82) is 0 Å². The highest BCUT2D eigenvalue weighted by atomic mass is 16.2. The molecule has 1 aromatic heterocycles. The van der Waals surface area contributed by atoms with Gasteiger partial charge in [-0.1, -0.05) is 12.1 Å². The van der Waals surface area contributed by atoms with E-state index >= 15 is 0 Å². The minimum Gasteiger partial charge on any atom is -0.325 e. The normalized spacial score (nSPS) is 18.1. The van der Waals surface area contributed by atoms with Crippen molar-refractivity contribution in [2.75, 3.05) is 5.32 Å². The molecule has 0 spiro atoms. The molecule has 2 heterocycles. The lowest BCUT2D eigenvalue weighted by Crippen LogP contribution is -2.13. The van der Waals surface area contributed by atoms with E-state index in [1.54, 1.807) is 18.5 Å². The number of aryl methyl sites for hydroxylation is 1. The van der Waals surface area contributed by atoms with Crippen molar-refractivity contribution in [1.82, 2.24) is 10.2 Å². The molecule has 1 atom stereocenters. The van der Waals surface area contributed by atoms with Crippen molar-refractivity contribution >= 4 is 23.6 Å². The zero-order valence-corrected chi connectivity index (χ0v) is 9.84. The number of carbonyl (C=O) groups is 1. The molecule has 2 N–H and O–H groups in total. The Morgan fingerprint density at radius 1 is 1.39 bits per heavy atom. The second-order valence-corrected chi connectivity index (χ2v) is 4.22. The minimum atomic E-state index is -0.329. The van der Waals surface area contributed by atoms with Crippen molar-refractivity contribution in [3.63, 3.8) is 0 Å². The Labute approximate surface area is 104 Å². The SMILES string of the molecule is Cc1cccc2c1C(C=Nc1ccn[nH]1)C(=O)N2. The molecule has 1 unspecified atom stereocenters. The number of fused-ring (bicyclic) bond motifs is 1. The number of rotatable bonds is 2. The van der Waals surface area contributed by atoms with Crippen LogP contribution in [0.1, 0.15) is 17.0 Å². The monoisotopic (exact) mass is 240 g/mol. The van der Waals surface area contributed by atoms with Crippen molar-refractivity contribution in [2.24, 2.45) is 4.99 Å². The van der Waals surface area contributed by atoms with Crippen LogP contribution in [-0.4, -0.2) is 22.3 Å². The number of H-pyrrole nitrogens is 1. The van der Waals surface area contributed by atoms with Crippen LogP contribution in [0.2, 0.25) is 0 Å². The lowest BCUT2D eigenvalue weighted by atomic mass is 9.97. The number of hydrogen-bond donors (Lipinski definition) is 2. The highest BCUT2D eigenvalue weighted by molar-refractivity contribution is 6.13. The summed E-state index contributed by atoms with van der Waals surface area (Å²) in [5, 5.41) is 9.41. The van der Waals surface area contributed by atoms with Crippen LogP contribution >= 0.6 is 0 Å². The molecule has 0 fully saturated rings. The molecule has 1 aliphatic rings. The van der Waals surface area contributed by atoms with E-state index in [0.717, 1.165) is 16.8 Å². The summed E-state index contributed by atoms with van der Waals surface area (Å²) < 4.78 is 0. The lowest BCUT2D eigenvalue weighted by Gasteiger charge is -2.05. The van der Waals surface area contributed by atoms with Gasteiger partial charge in [-0.05, 0) is 24.1 Å². The van der Waals surface area contributed by atoms with Gasteiger partial charge in [0.15, 0.2) is 0 Å². The van der Waals surface area contributed by atoms with E-state index in [1.807, 2.05) is 25.1 Å². The van der Waals surface area contributed by atoms with E-state index in [0.29, 0.717) is 5.82 Å². The molecule has 0 radical (unpaired) electrons. The molecule has 1 amide bonds. The zero-order valence-electron chi connectivity index (χ0n) is 9.84. The number of carbonyl (C=O) groups excluding carboxylic acids is 1. The average molecular weight is 240 g/mol. The fraction of sp³-hybridized carbons (Fsp3) is 0.154. The molecule has 1 aromatic carbocycles. The number of anilines is 1. The maximum Gasteiger partial charge on any atom is 0.237 e. The van der Waals surface area contributed by atoms with Gasteiger partial charge in [0.25, 0.3) is 0 Å². The highest BCUT2D eigenvalue weighted by Crippen LogP contribution is 2.34. The fourth-order valence-corrected chi connectivity index (χ4v) is 2.16. The predicted molar refractivity (Wildman–Crippen MR) is 69.3 cm³/mol. The van der Waals surface area contributed by atoms with Crippen LogP contribution in [0, 0.1) is 6.92 Å². The van der Waals surface area contributed by atoms with Gasteiger partial charge in [0, 0.05) is 18.0 Å². The maximum atomic E-state index is 11.9. The van der Waals surface area contributed by atoms with Gasteiger partial charge in [-0.3, -0.25) is 9.89 Å². The zero-order chi connectivity index (χ0) is 12.5. The Morgan fingerprint density at radius 2 is 2.28 bits per heavy atom. The number of aromatic nitrogens is 2. The van der Waals surface area contributed by atoms with Gasteiger partial charge in [-0.15, -0.1) is 0 Å². The number of aliphatic imine (C=N–C) groups is 1. The molecule has 5 heteroatoms. The topological polar surface area (TPSA) is 70.1 Å². The molecule has 0 aliphatic carbocycles. The third kappa shape index (κ3) is 1.69. The number of benzene rings is 1. The number of aromatic amines is 1. The first-order chi connectivity index (χ1) is 8.75. The molecule has 1 aliphatic heterocycles. The van der Waals surface area contributed by atoms with Gasteiger partial charge in [-0.2, -0.15) is 5.10 Å². The van der Waals surface area contributed by atoms with Crippen LogP contribution in [0.4, 0.5) is 11.5 Å². The molecule has 0 saturated carbocycles. The second kappa shape index (κ2) is 4.10. The predicted octanol–water partition coefficient (Wildman–Crippen LogP) is 2.16. The summed E-state index contributed by atoms with van der Waals surface area (Å²) in [5.41, 5.74) is 2.97. The van der Waals surface area contributed by atoms with Gasteiger partial charge in [-0.25, -0.2) is 4.99 Å². The molecule has 0 saturated heterocycles. The Hall–Kier alpha value is -2.43. The van der Waals surface area contributed by atoms with Gasteiger partial charge < -0.3 is 5.32 Å². The molecular formula is C13H12N4O. The van der Waals surface area contributed by atoms with Crippen LogP contribution < -0.4 is 5.32 Å². The summed E-state index contributed by atoms with van der Waals surface area (Å²) >= 11 is 0. The Morgan fingerprint density at radius 3 is 3.06 bits per heavy atom. The third-order valence-corrected chi connectivity index (χ3v) is 3.02. The Balaban J connectivity index is 1.97. The lowest BCUT2D eigenvalue weighted by molar-refractivity contribution is -0.115. The van der Waals surface area contributed by atoms with E-state index in [9.17, 15) is 4.79 Å². The second-order valence-electron chi connectivity index (χ2n) is 4.22. The first-order valence-electron chi connectivity index (χ1n) is 5.69. The first-order valence-corrected chi connectivity index (χ1v) is 5.69. The molecule has 5 nitrogen and oxygen atoms in total. The quantitative estimate of drug-likeness (QED) is 0.789. The summed E-state index contributed by atoms with van der Waals surface area (Å²) in [6, 6.07) is 7.59. The van der Waals surface area contributed by atoms with E-state index in [2.05, 4.69) is 20.5 Å². The summed E-state index contributed by atoms with van der Waals surface area (Å²) in [4.78, 5) is 16.1. The van der Waals surface area contributed by atoms with Crippen LogP contribution in [0.3, 0.4) is 0 Å². The van der Waals surface area contributed by atoms with Crippen molar-refractivity contribution < 1.29 is 4.79 Å². The minimum absolute atomic E-state index is 0.0393. The fourth-order valence-electron chi connectivity index (χ4n) is 2.16. The van der Waals surface area contributed by atoms with Crippen molar-refractivity contribution in [3.05, 3.63) is 41.6 Å². The van der Waals surface area contributed by atoms with Crippen LogP contribution in [0.25, 0.3) is 0 Å². The standard InChI is InChI=1S/C13H12N4O/c1-8-3-2-4-10-12(8)9(13(18)16-10)7-14-11-5-6-15-17-11/h2-7,9H,1H3,(H,15,17)(H,16,18). The average Bonchev–Trinajstić information content (AvgIpc) is 2.94. The van der Waals surface area contributed by atoms with E-state index < -0.39 is 0 Å². The maximum absolute atomic E-state index is 11.9. The van der Waals surface area contributed by atoms with E-state index in [1.165, 1.54) is 0 Å². The Bertz CT molecular complexity index is 616. The largest absolute Gasteiger partial charge is 0.325 e. The van der Waals surface area contributed by atoms with Gasteiger partial charge in [0.05, 0.1) is 6.20 Å². The van der Waals surface area contributed by atoms with Crippen molar-refractivity contribution in [2.45, 2.75) is 12.8 Å². The summed E-state index contributed by atoms with van der Waals surface area (Å²) in [6.45, 7) is 2.00. The van der Waals surface area contributed by atoms with Crippen LogP contribution in [0.15, 0.2) is 35.5 Å². The number of hydrogen-bond acceptors (Lipinski definition) is 3. The van der Waals surface area contributed by atoms with Gasteiger partial charge in [0.2, 0.25) is 5.91 Å². The van der Waals surface area contributed by atoms with Crippen LogP contribution in [-0.2, 0) is 4.79 Å². The molecule has 18 heavy (non-hydrogen) atoms. The summed E-state index contributed by atoms with van der Waals surface area (Å²) in [5.74, 6) is 0.275. The number of amides is 1. The third-order valence-electron chi connectivity index (χ3n) is 3.02. The molecule has 2 aromatic rings. The molecular weight excluding hydrogens is 228 g/mol. The molecule has 0 bridgehead atoms. The summed E-state index contributed by atoms with van der Waals surface area (Å²) in [6.07, 6.45) is 3.28. The van der Waals surface area contributed by atoms with Crippen molar-refractivity contribution in [3.8, 4) is 0 Å². The smallest absolute Gasteiger partial charge is 0.237 e. The highest BCUT2D eigenvalue weighted by Gasteiger charge is 2.30. The van der Waals surface area contributed by atoms with E-state index in [-0.39, 0.29) is 11.8 Å². The first kappa shape index (κ1) is 10.7. The van der Waals surface area contributed by atoms with Gasteiger partial charge in [0.1, 0.15) is 11.7 Å². The summed E-state index contributed by atoms with van der Waals surface area (Å²) in [7, 11) is 0. The van der Waals surface area contributed by atoms with E-state index in [4.69, 9.17) is 0 Å². The molecule has 3 rings (SSSR count). The molecule has 90 valence electrons. The Kier molecular flexibility index (Phi) is 2.44. The van der Waals surface area contributed by atoms with Gasteiger partial charge >= 0.3 is 0 Å². The number of nitrogens with zero attached hydrogens (tertiary/aromatic N) is 2.